The van der Waals surface area contributed by atoms with Crippen LogP contribution in [0, 0.1) is 18.3 Å². The number of aromatic nitrogens is 1. The van der Waals surface area contributed by atoms with E-state index < -0.39 is 11.7 Å². The minimum absolute atomic E-state index is 0.216. The summed E-state index contributed by atoms with van der Waals surface area (Å²) < 4.78 is 7.56. The molecule has 1 amide bonds. The second kappa shape index (κ2) is 12.2. The Bertz CT molecular complexity index is 1400. The van der Waals surface area contributed by atoms with E-state index >= 15 is 0 Å². The zero-order chi connectivity index (χ0) is 27.9. The number of ether oxygens (including phenoxy) is 1. The quantitative estimate of drug-likeness (QED) is 0.304. The van der Waals surface area contributed by atoms with Gasteiger partial charge in [-0.25, -0.2) is 9.79 Å². The Kier molecular flexibility index (Phi) is 9.08. The summed E-state index contributed by atoms with van der Waals surface area (Å²) in [4.78, 5) is 23.2. The van der Waals surface area contributed by atoms with Crippen LogP contribution < -0.4 is 5.32 Å². The van der Waals surface area contributed by atoms with Crippen molar-refractivity contribution in [3.63, 3.8) is 0 Å². The molecule has 2 aromatic carbocycles. The van der Waals surface area contributed by atoms with Gasteiger partial charge in [-0.3, -0.25) is 4.99 Å². The van der Waals surface area contributed by atoms with Crippen molar-refractivity contribution in [2.45, 2.75) is 53.4 Å². The van der Waals surface area contributed by atoms with Crippen molar-refractivity contribution in [2.24, 2.45) is 9.98 Å². The summed E-state index contributed by atoms with van der Waals surface area (Å²) in [5.41, 5.74) is 4.47. The molecule has 0 radical (unpaired) electrons. The van der Waals surface area contributed by atoms with Gasteiger partial charge in [0.25, 0.3) is 0 Å². The van der Waals surface area contributed by atoms with Crippen molar-refractivity contribution in [1.82, 2.24) is 14.8 Å². The van der Waals surface area contributed by atoms with Crippen LogP contribution in [0.5, 0.6) is 0 Å². The predicted molar refractivity (Wildman–Crippen MR) is 153 cm³/mol. The first-order chi connectivity index (χ1) is 18.0. The molecule has 0 atom stereocenters. The van der Waals surface area contributed by atoms with Gasteiger partial charge in [-0.05, 0) is 65.1 Å². The van der Waals surface area contributed by atoms with Gasteiger partial charge in [-0.1, -0.05) is 36.4 Å². The third-order valence-corrected chi connectivity index (χ3v) is 6.02. The number of rotatable bonds is 8. The fourth-order valence-electron chi connectivity index (χ4n) is 3.99. The van der Waals surface area contributed by atoms with Gasteiger partial charge in [-0.15, -0.1) is 0 Å². The van der Waals surface area contributed by atoms with Crippen LogP contribution in [0.15, 0.2) is 75.9 Å². The highest BCUT2D eigenvalue weighted by Gasteiger charge is 2.21. The molecular formula is C30H36N6O2. The van der Waals surface area contributed by atoms with E-state index in [2.05, 4.69) is 27.7 Å². The van der Waals surface area contributed by atoms with E-state index in [0.29, 0.717) is 30.3 Å². The number of aryl methyl sites for hydroxylation is 1. The van der Waals surface area contributed by atoms with Gasteiger partial charge >= 0.3 is 6.09 Å². The molecule has 0 aliphatic rings. The lowest BCUT2D eigenvalue weighted by molar-refractivity contribution is 0.0313. The SMILES string of the molecule is C=N/C(CN(C)C(=O)OC(C)(C)C)=C(C)\C(=N/Cn1c(C)cc2c(C#N)cccc21)NCc1ccccc1. The number of hydrogen-bond donors (Lipinski definition) is 1. The lowest BCUT2D eigenvalue weighted by Gasteiger charge is -2.25. The van der Waals surface area contributed by atoms with Crippen molar-refractivity contribution in [1.29, 1.82) is 5.26 Å². The van der Waals surface area contributed by atoms with Crippen LogP contribution >= 0.6 is 0 Å². The van der Waals surface area contributed by atoms with Gasteiger partial charge < -0.3 is 19.5 Å². The van der Waals surface area contributed by atoms with Gasteiger partial charge in [0.2, 0.25) is 0 Å². The summed E-state index contributed by atoms with van der Waals surface area (Å²) >= 11 is 0. The molecule has 3 aromatic rings. The fourth-order valence-corrected chi connectivity index (χ4v) is 3.99. The Morgan fingerprint density at radius 2 is 1.89 bits per heavy atom. The molecule has 1 N–H and O–H groups in total. The third-order valence-electron chi connectivity index (χ3n) is 6.02. The average Bonchev–Trinajstić information content (AvgIpc) is 3.21. The highest BCUT2D eigenvalue weighted by molar-refractivity contribution is 5.98. The standard InChI is InChI=1S/C30H36N6O2/c1-21-16-25-24(17-31)14-11-15-27(25)36(21)20-34-28(33-18-23-12-9-8-10-13-23)22(2)26(32-6)19-35(7)29(37)38-30(3,4)5/h8-16H,6,18-20H2,1-5,7H3,(H,33,34)/b26-22-. The minimum atomic E-state index is -0.599. The summed E-state index contributed by atoms with van der Waals surface area (Å²) in [6.07, 6.45) is -0.440. The maximum atomic E-state index is 12.6. The first-order valence-corrected chi connectivity index (χ1v) is 12.5. The lowest BCUT2D eigenvalue weighted by Crippen LogP contribution is -2.36. The summed E-state index contributed by atoms with van der Waals surface area (Å²) in [6, 6.07) is 20.0. The Hall–Kier alpha value is -4.38. The Labute approximate surface area is 225 Å². The molecule has 0 aliphatic heterocycles. The van der Waals surface area contributed by atoms with Crippen LogP contribution in [0.25, 0.3) is 10.9 Å². The van der Waals surface area contributed by atoms with Crippen molar-refractivity contribution < 1.29 is 9.53 Å². The van der Waals surface area contributed by atoms with Crippen LogP contribution in [-0.2, 0) is 18.0 Å². The molecule has 38 heavy (non-hydrogen) atoms. The summed E-state index contributed by atoms with van der Waals surface area (Å²) in [6.45, 7) is 14.3. The van der Waals surface area contributed by atoms with E-state index in [4.69, 9.17) is 9.73 Å². The molecule has 0 fully saturated rings. The molecule has 0 saturated carbocycles. The molecule has 0 saturated heterocycles. The molecule has 0 spiro atoms. The zero-order valence-electron chi connectivity index (χ0n) is 23.1. The second-order valence-electron chi connectivity index (χ2n) is 10.1. The summed E-state index contributed by atoms with van der Waals surface area (Å²) in [5, 5.41) is 13.9. The summed E-state index contributed by atoms with van der Waals surface area (Å²) in [5.74, 6) is 0.645. The normalized spacial score (nSPS) is 12.5. The van der Waals surface area contributed by atoms with Crippen LogP contribution in [0.2, 0.25) is 0 Å². The molecule has 0 aliphatic carbocycles. The third kappa shape index (κ3) is 7.10. The molecule has 8 nitrogen and oxygen atoms in total. The number of nitriles is 1. The van der Waals surface area contributed by atoms with Crippen LogP contribution in [0.1, 0.15) is 44.5 Å². The van der Waals surface area contributed by atoms with Crippen molar-refractivity contribution in [3.05, 3.63) is 82.7 Å². The topological polar surface area (TPSA) is 95.0 Å². The van der Waals surface area contributed by atoms with E-state index in [-0.39, 0.29) is 6.54 Å². The molecule has 3 rings (SSSR count). The van der Waals surface area contributed by atoms with Gasteiger partial charge in [0, 0.05) is 30.2 Å². The molecule has 1 aromatic heterocycles. The number of carbonyl (C=O) groups is 1. The predicted octanol–water partition coefficient (Wildman–Crippen LogP) is 5.81. The number of fused-ring (bicyclic) bond motifs is 1. The van der Waals surface area contributed by atoms with E-state index in [0.717, 1.165) is 27.7 Å². The maximum absolute atomic E-state index is 12.6. The molecular weight excluding hydrogens is 476 g/mol. The number of amidine groups is 1. The van der Waals surface area contributed by atoms with E-state index in [1.54, 1.807) is 7.05 Å². The number of benzene rings is 2. The smallest absolute Gasteiger partial charge is 0.410 e. The monoisotopic (exact) mass is 512 g/mol. The molecule has 198 valence electrons. The number of hydrogen-bond acceptors (Lipinski definition) is 5. The maximum Gasteiger partial charge on any atom is 0.410 e. The average molecular weight is 513 g/mol. The zero-order valence-corrected chi connectivity index (χ0v) is 23.1. The number of aliphatic imine (C=N–C) groups is 2. The number of amides is 1. The molecule has 1 heterocycles. The number of nitrogens with one attached hydrogen (secondary N) is 1. The largest absolute Gasteiger partial charge is 0.444 e. The molecule has 0 bridgehead atoms. The highest BCUT2D eigenvalue weighted by atomic mass is 16.6. The van der Waals surface area contributed by atoms with Crippen molar-refractivity contribution in [2.75, 3.05) is 13.6 Å². The van der Waals surface area contributed by atoms with E-state index in [1.807, 2.05) is 89.2 Å². The Balaban J connectivity index is 1.96. The molecule has 8 heteroatoms. The molecule has 0 unspecified atom stereocenters. The highest BCUT2D eigenvalue weighted by Crippen LogP contribution is 2.23. The first-order valence-electron chi connectivity index (χ1n) is 12.5. The number of nitrogens with zero attached hydrogens (tertiary/aromatic N) is 5. The first kappa shape index (κ1) is 28.2. The van der Waals surface area contributed by atoms with E-state index in [1.165, 1.54) is 4.90 Å². The van der Waals surface area contributed by atoms with Crippen LogP contribution in [-0.4, -0.2) is 47.3 Å². The van der Waals surface area contributed by atoms with Crippen molar-refractivity contribution >= 4 is 29.5 Å². The number of likely N-dealkylation sites (N-methyl/N-ethyl adjacent to an activating group) is 1. The van der Waals surface area contributed by atoms with Gasteiger partial charge in [0.05, 0.1) is 29.4 Å². The van der Waals surface area contributed by atoms with E-state index in [9.17, 15) is 10.1 Å². The Morgan fingerprint density at radius 1 is 1.18 bits per heavy atom. The summed E-state index contributed by atoms with van der Waals surface area (Å²) in [7, 11) is 1.67. The lowest BCUT2D eigenvalue weighted by atomic mass is 10.1. The number of carbonyl (C=O) groups excluding carboxylic acids is 1. The van der Waals surface area contributed by atoms with Crippen molar-refractivity contribution in [3.8, 4) is 6.07 Å². The Morgan fingerprint density at radius 3 is 2.53 bits per heavy atom. The van der Waals surface area contributed by atoms with Gasteiger partial charge in [0.15, 0.2) is 0 Å². The minimum Gasteiger partial charge on any atom is -0.444 e. The van der Waals surface area contributed by atoms with Gasteiger partial charge in [0.1, 0.15) is 18.1 Å². The fraction of sp³-hybridized carbons (Fsp3) is 0.333. The van der Waals surface area contributed by atoms with Gasteiger partial charge in [-0.2, -0.15) is 5.26 Å². The second-order valence-corrected chi connectivity index (χ2v) is 10.1. The van der Waals surface area contributed by atoms with Crippen LogP contribution in [0.3, 0.4) is 0 Å². The van der Waals surface area contributed by atoms with Crippen LogP contribution in [0.4, 0.5) is 4.79 Å².